The largest absolute Gasteiger partial charge is 0.496 e. The zero-order valence-corrected chi connectivity index (χ0v) is 13.4. The molecule has 0 amide bonds. The van der Waals surface area contributed by atoms with Crippen molar-refractivity contribution in [3.63, 3.8) is 0 Å². The number of piperidine rings is 1. The summed E-state index contributed by atoms with van der Waals surface area (Å²) in [6.45, 7) is 4.48. The lowest BCUT2D eigenvalue weighted by atomic mass is 10.00. The maximum absolute atomic E-state index is 5.36. The molecule has 2 atom stereocenters. The van der Waals surface area contributed by atoms with Gasteiger partial charge in [0.05, 0.1) is 13.3 Å². The minimum absolute atomic E-state index is 0.512. The van der Waals surface area contributed by atoms with Gasteiger partial charge in [0, 0.05) is 22.1 Å². The maximum Gasteiger partial charge on any atom is 0.127 e. The third-order valence-electron chi connectivity index (χ3n) is 3.67. The van der Waals surface area contributed by atoms with Gasteiger partial charge in [-0.1, -0.05) is 15.9 Å². The van der Waals surface area contributed by atoms with Crippen molar-refractivity contribution in [1.29, 1.82) is 0 Å². The van der Waals surface area contributed by atoms with E-state index in [1.165, 1.54) is 19.3 Å². The molecule has 3 nitrogen and oxygen atoms in total. The summed E-state index contributed by atoms with van der Waals surface area (Å²) in [5.41, 5.74) is 1.00. The normalized spacial score (nSPS) is 23.9. The Bertz CT molecular complexity index is 451. The average Bonchev–Trinajstić information content (AvgIpc) is 2.38. The van der Waals surface area contributed by atoms with E-state index in [1.807, 2.05) is 24.4 Å². The molecule has 0 saturated carbocycles. The first-order chi connectivity index (χ1) is 9.11. The van der Waals surface area contributed by atoms with E-state index in [0.29, 0.717) is 12.1 Å². The van der Waals surface area contributed by atoms with E-state index in [-0.39, 0.29) is 0 Å². The van der Waals surface area contributed by atoms with Gasteiger partial charge in [0.2, 0.25) is 0 Å². The van der Waals surface area contributed by atoms with Crippen LogP contribution in [0.1, 0.15) is 38.7 Å². The van der Waals surface area contributed by atoms with Crippen LogP contribution in [0.4, 0.5) is 0 Å². The fourth-order valence-electron chi connectivity index (χ4n) is 2.57. The van der Waals surface area contributed by atoms with E-state index >= 15 is 0 Å². The Balaban J connectivity index is 2.19. The van der Waals surface area contributed by atoms with Gasteiger partial charge in [0.1, 0.15) is 5.75 Å². The molecule has 2 unspecified atom stereocenters. The third-order valence-corrected chi connectivity index (χ3v) is 4.16. The molecule has 104 valence electrons. The van der Waals surface area contributed by atoms with Gasteiger partial charge in [-0.05, 0) is 51.3 Å². The van der Waals surface area contributed by atoms with E-state index in [4.69, 9.17) is 4.74 Å². The molecule has 4 heteroatoms. The molecule has 1 fully saturated rings. The minimum atomic E-state index is 0.512. The topological polar surface area (TPSA) is 24.8 Å². The lowest BCUT2D eigenvalue weighted by molar-refractivity contribution is 0.109. The molecule has 0 radical (unpaired) electrons. The Morgan fingerprint density at radius 3 is 2.63 bits per heavy atom. The second-order valence-electron chi connectivity index (χ2n) is 5.14. The number of methoxy groups -OCH3 is 1. The molecule has 19 heavy (non-hydrogen) atoms. The summed E-state index contributed by atoms with van der Waals surface area (Å²) in [4.78, 5) is 0. The summed E-state index contributed by atoms with van der Waals surface area (Å²) in [6.07, 6.45) is 5.64. The van der Waals surface area contributed by atoms with Crippen molar-refractivity contribution in [1.82, 2.24) is 5.01 Å². The summed E-state index contributed by atoms with van der Waals surface area (Å²) >= 11 is 3.48. The lowest BCUT2D eigenvalue weighted by Gasteiger charge is -2.36. The van der Waals surface area contributed by atoms with Gasteiger partial charge in [-0.15, -0.1) is 0 Å². The molecule has 1 heterocycles. The Kier molecular flexibility index (Phi) is 4.86. The van der Waals surface area contributed by atoms with Crippen LogP contribution in [0.3, 0.4) is 0 Å². The molecular formula is C15H21BrN2O. The number of halogens is 1. The van der Waals surface area contributed by atoms with Crippen molar-refractivity contribution in [2.24, 2.45) is 5.10 Å². The summed E-state index contributed by atoms with van der Waals surface area (Å²) in [5, 5.41) is 6.88. The Hall–Kier alpha value is -1.03. The van der Waals surface area contributed by atoms with Crippen molar-refractivity contribution < 1.29 is 4.74 Å². The molecule has 1 aliphatic rings. The average molecular weight is 325 g/mol. The minimum Gasteiger partial charge on any atom is -0.496 e. The van der Waals surface area contributed by atoms with Crippen LogP contribution in [0.15, 0.2) is 27.8 Å². The number of rotatable bonds is 3. The first-order valence-electron chi connectivity index (χ1n) is 6.77. The fraction of sp³-hybridized carbons (Fsp3) is 0.533. The molecule has 0 aromatic heterocycles. The van der Waals surface area contributed by atoms with Crippen molar-refractivity contribution >= 4 is 22.1 Å². The van der Waals surface area contributed by atoms with Gasteiger partial charge in [0.15, 0.2) is 0 Å². The molecule has 0 bridgehead atoms. The van der Waals surface area contributed by atoms with Crippen molar-refractivity contribution in [3.8, 4) is 5.75 Å². The molecule has 1 saturated heterocycles. The summed E-state index contributed by atoms with van der Waals surface area (Å²) in [6, 6.07) is 6.98. The van der Waals surface area contributed by atoms with Crippen LogP contribution in [0, 0.1) is 0 Å². The highest BCUT2D eigenvalue weighted by Crippen LogP contribution is 2.24. The number of nitrogens with zero attached hydrogens (tertiary/aromatic N) is 2. The smallest absolute Gasteiger partial charge is 0.127 e. The summed E-state index contributed by atoms with van der Waals surface area (Å²) in [5.74, 6) is 0.851. The van der Waals surface area contributed by atoms with Crippen LogP contribution in [0.2, 0.25) is 0 Å². The highest BCUT2D eigenvalue weighted by Gasteiger charge is 2.22. The van der Waals surface area contributed by atoms with Gasteiger partial charge >= 0.3 is 0 Å². The molecule has 1 aromatic carbocycles. The van der Waals surface area contributed by atoms with Crippen LogP contribution in [0.5, 0.6) is 5.75 Å². The van der Waals surface area contributed by atoms with Crippen molar-refractivity contribution in [2.45, 2.75) is 45.2 Å². The molecule has 1 aromatic rings. The quantitative estimate of drug-likeness (QED) is 0.783. The lowest BCUT2D eigenvalue weighted by Crippen LogP contribution is -2.39. The Morgan fingerprint density at radius 2 is 2.00 bits per heavy atom. The van der Waals surface area contributed by atoms with Gasteiger partial charge in [-0.25, -0.2) is 0 Å². The van der Waals surface area contributed by atoms with E-state index in [0.717, 1.165) is 15.8 Å². The van der Waals surface area contributed by atoms with Gasteiger partial charge < -0.3 is 4.74 Å². The monoisotopic (exact) mass is 324 g/mol. The molecule has 0 spiro atoms. The highest BCUT2D eigenvalue weighted by atomic mass is 79.9. The molecule has 0 aliphatic carbocycles. The first kappa shape index (κ1) is 14.4. The number of hydrazone groups is 1. The van der Waals surface area contributed by atoms with Gasteiger partial charge in [0.25, 0.3) is 0 Å². The molecule has 2 rings (SSSR count). The van der Waals surface area contributed by atoms with Crippen LogP contribution < -0.4 is 4.74 Å². The highest BCUT2D eigenvalue weighted by molar-refractivity contribution is 9.10. The van der Waals surface area contributed by atoms with Gasteiger partial charge in [-0.3, -0.25) is 5.01 Å². The van der Waals surface area contributed by atoms with Crippen molar-refractivity contribution in [2.75, 3.05) is 7.11 Å². The predicted molar refractivity (Wildman–Crippen MR) is 82.9 cm³/mol. The predicted octanol–water partition coefficient (Wildman–Crippen LogP) is 4.05. The second-order valence-corrected chi connectivity index (χ2v) is 6.06. The number of hydrogen-bond donors (Lipinski definition) is 0. The third kappa shape index (κ3) is 3.50. The standard InChI is InChI=1S/C15H21BrN2O/c1-11-5-4-6-12(2)18(11)17-10-13-9-14(16)7-8-15(13)19-3/h7-12H,4-6H2,1-3H3. The maximum atomic E-state index is 5.36. The molecular weight excluding hydrogens is 304 g/mol. The van der Waals surface area contributed by atoms with Crippen LogP contribution >= 0.6 is 15.9 Å². The summed E-state index contributed by atoms with van der Waals surface area (Å²) < 4.78 is 6.40. The van der Waals surface area contributed by atoms with E-state index in [9.17, 15) is 0 Å². The number of benzene rings is 1. The number of hydrogen-bond acceptors (Lipinski definition) is 3. The van der Waals surface area contributed by atoms with Crippen LogP contribution in [0.25, 0.3) is 0 Å². The zero-order valence-electron chi connectivity index (χ0n) is 11.8. The summed E-state index contributed by atoms with van der Waals surface area (Å²) in [7, 11) is 1.69. The molecule has 1 aliphatic heterocycles. The first-order valence-corrected chi connectivity index (χ1v) is 7.57. The Labute approximate surface area is 123 Å². The molecule has 0 N–H and O–H groups in total. The Morgan fingerprint density at radius 1 is 1.32 bits per heavy atom. The van der Waals surface area contributed by atoms with E-state index < -0.39 is 0 Å². The van der Waals surface area contributed by atoms with Crippen LogP contribution in [-0.4, -0.2) is 30.4 Å². The van der Waals surface area contributed by atoms with Crippen molar-refractivity contribution in [3.05, 3.63) is 28.2 Å². The second kappa shape index (κ2) is 6.42. The van der Waals surface area contributed by atoms with Gasteiger partial charge in [-0.2, -0.15) is 5.10 Å². The van der Waals surface area contributed by atoms with E-state index in [2.05, 4.69) is 39.9 Å². The van der Waals surface area contributed by atoms with E-state index in [1.54, 1.807) is 7.11 Å². The van der Waals surface area contributed by atoms with Crippen LogP contribution in [-0.2, 0) is 0 Å². The zero-order chi connectivity index (χ0) is 13.8. The fourth-order valence-corrected chi connectivity index (χ4v) is 2.95. The number of ether oxygens (including phenoxy) is 1. The SMILES string of the molecule is COc1ccc(Br)cc1C=NN1C(C)CCCC1C.